The van der Waals surface area contributed by atoms with E-state index in [2.05, 4.69) is 5.32 Å². The van der Waals surface area contributed by atoms with Crippen molar-refractivity contribution < 1.29 is 27.1 Å². The molecule has 232 valence electrons. The molecule has 0 aromatic heterocycles. The van der Waals surface area contributed by atoms with E-state index in [1.807, 2.05) is 20.8 Å². The highest BCUT2D eigenvalue weighted by Crippen LogP contribution is 2.28. The normalized spacial score (nSPS) is 12.1. The number of carbonyl (C=O) groups excluding carboxylic acids is 2. The van der Waals surface area contributed by atoms with Gasteiger partial charge in [-0.25, -0.2) is 12.8 Å². The van der Waals surface area contributed by atoms with E-state index in [1.165, 1.54) is 23.1 Å². The molecule has 12 heteroatoms. The standard InChI is InChI=1S/C31H36Cl2FN3O5S/c1-5-29(31(39)35-18-21(3)4)36(19-22-7-8-23(32)17-28(22)33)30(38)20-37(25-11-13-26(14-12-25)42-6-2)43(40,41)27-15-9-24(34)10-16-27/h7-17,21,29H,5-6,18-20H2,1-4H3,(H,35,39)/t29-/m0/s1. The number of nitrogens with zero attached hydrogens (tertiary/aromatic N) is 2. The molecule has 1 N–H and O–H groups in total. The Morgan fingerprint density at radius 1 is 0.977 bits per heavy atom. The molecule has 1 atom stereocenters. The maximum atomic E-state index is 14.1. The van der Waals surface area contributed by atoms with E-state index >= 15 is 0 Å². The van der Waals surface area contributed by atoms with Crippen LogP contribution in [-0.4, -0.2) is 50.9 Å². The van der Waals surface area contributed by atoms with Crippen molar-refractivity contribution in [3.8, 4) is 5.75 Å². The summed E-state index contributed by atoms with van der Waals surface area (Å²) in [6.45, 7) is 7.58. The third kappa shape index (κ3) is 9.08. The molecule has 0 radical (unpaired) electrons. The Hall–Kier alpha value is -3.34. The molecule has 0 unspecified atom stereocenters. The van der Waals surface area contributed by atoms with Crippen LogP contribution in [0, 0.1) is 11.7 Å². The molecule has 0 fully saturated rings. The molecule has 43 heavy (non-hydrogen) atoms. The van der Waals surface area contributed by atoms with Crippen LogP contribution in [0.2, 0.25) is 10.0 Å². The number of nitrogens with one attached hydrogen (secondary N) is 1. The molecule has 3 rings (SSSR count). The topological polar surface area (TPSA) is 96.0 Å². The van der Waals surface area contributed by atoms with Crippen LogP contribution in [0.3, 0.4) is 0 Å². The molecule has 0 saturated carbocycles. The Bertz CT molecular complexity index is 1500. The smallest absolute Gasteiger partial charge is 0.264 e. The molecule has 0 spiro atoms. The molecule has 0 aliphatic rings. The van der Waals surface area contributed by atoms with Crippen LogP contribution in [0.25, 0.3) is 0 Å². The van der Waals surface area contributed by atoms with Crippen molar-refractivity contribution >= 4 is 50.7 Å². The molecular formula is C31H36Cl2FN3O5S. The highest BCUT2D eigenvalue weighted by atomic mass is 35.5. The van der Waals surface area contributed by atoms with Crippen LogP contribution in [0.5, 0.6) is 5.75 Å². The van der Waals surface area contributed by atoms with Gasteiger partial charge in [0.05, 0.1) is 17.2 Å². The molecule has 0 saturated heterocycles. The fraction of sp³-hybridized carbons (Fsp3) is 0.355. The molecule has 3 aromatic carbocycles. The van der Waals surface area contributed by atoms with E-state index in [0.29, 0.717) is 34.5 Å². The van der Waals surface area contributed by atoms with Crippen LogP contribution in [0.4, 0.5) is 10.1 Å². The van der Waals surface area contributed by atoms with E-state index < -0.39 is 34.3 Å². The minimum atomic E-state index is -4.35. The van der Waals surface area contributed by atoms with Gasteiger partial charge in [-0.1, -0.05) is 50.0 Å². The summed E-state index contributed by atoms with van der Waals surface area (Å²) >= 11 is 12.5. The van der Waals surface area contributed by atoms with Gasteiger partial charge in [0.25, 0.3) is 10.0 Å². The summed E-state index contributed by atoms with van der Waals surface area (Å²) in [5.41, 5.74) is 0.714. The summed E-state index contributed by atoms with van der Waals surface area (Å²) in [6.07, 6.45) is 0.259. The van der Waals surface area contributed by atoms with Crippen molar-refractivity contribution in [2.45, 2.75) is 51.6 Å². The Kier molecular flexibility index (Phi) is 12.2. The van der Waals surface area contributed by atoms with Crippen molar-refractivity contribution in [1.82, 2.24) is 10.2 Å². The summed E-state index contributed by atoms with van der Waals surface area (Å²) in [5, 5.41) is 3.57. The second-order valence-corrected chi connectivity index (χ2v) is 12.9. The molecule has 0 aliphatic carbocycles. The van der Waals surface area contributed by atoms with Crippen LogP contribution in [0.15, 0.2) is 71.6 Å². The molecule has 2 amide bonds. The summed E-state index contributed by atoms with van der Waals surface area (Å²) in [5.74, 6) is -0.927. The number of anilines is 1. The number of halogens is 3. The lowest BCUT2D eigenvalue weighted by Gasteiger charge is -2.33. The van der Waals surface area contributed by atoms with E-state index in [1.54, 1.807) is 31.2 Å². The van der Waals surface area contributed by atoms with Gasteiger partial charge in [0.15, 0.2) is 0 Å². The fourth-order valence-corrected chi connectivity index (χ4v) is 6.20. The van der Waals surface area contributed by atoms with Gasteiger partial charge >= 0.3 is 0 Å². The zero-order valence-electron chi connectivity index (χ0n) is 24.5. The predicted octanol–water partition coefficient (Wildman–Crippen LogP) is 6.31. The van der Waals surface area contributed by atoms with Crippen molar-refractivity contribution in [2.75, 3.05) is 24.0 Å². The van der Waals surface area contributed by atoms with Crippen LogP contribution < -0.4 is 14.4 Å². The van der Waals surface area contributed by atoms with Gasteiger partial charge < -0.3 is 15.0 Å². The Morgan fingerprint density at radius 2 is 1.63 bits per heavy atom. The van der Waals surface area contributed by atoms with Gasteiger partial charge in [-0.15, -0.1) is 0 Å². The third-order valence-electron chi connectivity index (χ3n) is 6.54. The summed E-state index contributed by atoms with van der Waals surface area (Å²) in [4.78, 5) is 28.6. The average molecular weight is 653 g/mol. The van der Waals surface area contributed by atoms with Gasteiger partial charge in [0, 0.05) is 23.1 Å². The van der Waals surface area contributed by atoms with Gasteiger partial charge in [-0.2, -0.15) is 0 Å². The van der Waals surface area contributed by atoms with E-state index in [9.17, 15) is 22.4 Å². The van der Waals surface area contributed by atoms with Gasteiger partial charge in [0.1, 0.15) is 24.2 Å². The van der Waals surface area contributed by atoms with Crippen molar-refractivity contribution in [3.63, 3.8) is 0 Å². The zero-order valence-corrected chi connectivity index (χ0v) is 26.8. The fourth-order valence-electron chi connectivity index (χ4n) is 4.31. The molecular weight excluding hydrogens is 616 g/mol. The minimum Gasteiger partial charge on any atom is -0.494 e. The first-order valence-corrected chi connectivity index (χ1v) is 16.1. The first kappa shape index (κ1) is 34.2. The maximum Gasteiger partial charge on any atom is 0.264 e. The van der Waals surface area contributed by atoms with Crippen LogP contribution in [0.1, 0.15) is 39.7 Å². The number of benzene rings is 3. The average Bonchev–Trinajstić information content (AvgIpc) is 2.96. The molecule has 3 aromatic rings. The highest BCUT2D eigenvalue weighted by molar-refractivity contribution is 7.92. The number of carbonyl (C=O) groups is 2. The molecule has 0 heterocycles. The molecule has 0 bridgehead atoms. The number of hydrogen-bond donors (Lipinski definition) is 1. The first-order chi connectivity index (χ1) is 20.4. The molecule has 8 nitrogen and oxygen atoms in total. The third-order valence-corrected chi connectivity index (χ3v) is 8.92. The van der Waals surface area contributed by atoms with E-state index in [4.69, 9.17) is 27.9 Å². The van der Waals surface area contributed by atoms with Crippen molar-refractivity contribution in [1.29, 1.82) is 0 Å². The Balaban J connectivity index is 2.07. The number of ether oxygens (including phenoxy) is 1. The van der Waals surface area contributed by atoms with Gasteiger partial charge in [-0.3, -0.25) is 13.9 Å². The molecule has 0 aliphatic heterocycles. The number of rotatable bonds is 14. The van der Waals surface area contributed by atoms with E-state index in [-0.39, 0.29) is 35.4 Å². The lowest BCUT2D eigenvalue weighted by atomic mass is 10.1. The Labute approximate surface area is 262 Å². The van der Waals surface area contributed by atoms with Crippen LogP contribution >= 0.6 is 23.2 Å². The van der Waals surface area contributed by atoms with Crippen molar-refractivity contribution in [2.24, 2.45) is 5.92 Å². The van der Waals surface area contributed by atoms with Gasteiger partial charge in [-0.05, 0) is 85.5 Å². The Morgan fingerprint density at radius 3 is 2.19 bits per heavy atom. The summed E-state index contributed by atoms with van der Waals surface area (Å²) in [6, 6.07) is 14.5. The second kappa shape index (κ2) is 15.4. The lowest BCUT2D eigenvalue weighted by Crippen LogP contribution is -2.52. The van der Waals surface area contributed by atoms with E-state index in [0.717, 1.165) is 28.6 Å². The predicted molar refractivity (Wildman–Crippen MR) is 167 cm³/mol. The zero-order chi connectivity index (χ0) is 31.7. The monoisotopic (exact) mass is 651 g/mol. The SMILES string of the molecule is CCOc1ccc(N(CC(=O)N(Cc2ccc(Cl)cc2Cl)[C@@H](CC)C(=O)NCC(C)C)S(=O)(=O)c2ccc(F)cc2)cc1. The van der Waals surface area contributed by atoms with Gasteiger partial charge in [0.2, 0.25) is 11.8 Å². The largest absolute Gasteiger partial charge is 0.494 e. The number of hydrogen-bond acceptors (Lipinski definition) is 5. The first-order valence-electron chi connectivity index (χ1n) is 13.9. The van der Waals surface area contributed by atoms with Crippen molar-refractivity contribution in [3.05, 3.63) is 88.2 Å². The second-order valence-electron chi connectivity index (χ2n) is 10.2. The number of amides is 2. The number of sulfonamides is 1. The lowest BCUT2D eigenvalue weighted by molar-refractivity contribution is -0.140. The summed E-state index contributed by atoms with van der Waals surface area (Å²) < 4.78 is 47.9. The summed E-state index contributed by atoms with van der Waals surface area (Å²) in [7, 11) is -4.35. The maximum absolute atomic E-state index is 14.1. The highest BCUT2D eigenvalue weighted by Gasteiger charge is 2.34. The minimum absolute atomic E-state index is 0.0733. The quantitative estimate of drug-likeness (QED) is 0.221. The van der Waals surface area contributed by atoms with Crippen LogP contribution in [-0.2, 0) is 26.2 Å².